The number of hydrogen-bond acceptors (Lipinski definition) is 5. The van der Waals surface area contributed by atoms with Crippen molar-refractivity contribution >= 4 is 11.9 Å². The number of aliphatic hydroxyl groups excluding tert-OH is 2. The Morgan fingerprint density at radius 1 is 0.420 bits per heavy atom. The van der Waals surface area contributed by atoms with Gasteiger partial charge in [0.05, 0.1) is 25.2 Å². The summed E-state index contributed by atoms with van der Waals surface area (Å²) in [4.78, 5) is 26.3. The molecular formula is C63H119NO5. The molecule has 0 radical (unpaired) electrons. The number of amides is 1. The highest BCUT2D eigenvalue weighted by Crippen LogP contribution is 2.19. The number of aliphatic hydroxyl groups is 2. The van der Waals surface area contributed by atoms with Gasteiger partial charge in [-0.2, -0.15) is 0 Å². The van der Waals surface area contributed by atoms with Gasteiger partial charge in [0, 0.05) is 6.42 Å². The lowest BCUT2D eigenvalue weighted by atomic mass is 10.0. The highest BCUT2D eigenvalue weighted by Gasteiger charge is 2.24. The number of carbonyl (C=O) groups is 2. The van der Waals surface area contributed by atoms with Crippen LogP contribution in [0.1, 0.15) is 329 Å². The molecule has 0 spiro atoms. The number of hydrogen-bond donors (Lipinski definition) is 3. The molecule has 0 aromatic carbocycles. The van der Waals surface area contributed by atoms with Crippen molar-refractivity contribution in [2.24, 2.45) is 0 Å². The van der Waals surface area contributed by atoms with E-state index in [2.05, 4.69) is 62.5 Å². The van der Waals surface area contributed by atoms with E-state index < -0.39 is 18.2 Å². The van der Waals surface area contributed by atoms with E-state index in [0.29, 0.717) is 19.3 Å². The van der Waals surface area contributed by atoms with Gasteiger partial charge in [-0.1, -0.05) is 288 Å². The molecule has 3 N–H and O–H groups in total. The van der Waals surface area contributed by atoms with Crippen molar-refractivity contribution in [2.45, 2.75) is 347 Å². The zero-order valence-electron chi connectivity index (χ0n) is 46.5. The number of nitrogens with one attached hydrogen (secondary N) is 1. The minimum atomic E-state index is -0.790. The fraction of sp³-hybridized carbons (Fsp3) is 0.873. The molecular weight excluding hydrogens is 851 g/mol. The first kappa shape index (κ1) is 67.1. The van der Waals surface area contributed by atoms with Gasteiger partial charge in [0.2, 0.25) is 5.91 Å². The van der Waals surface area contributed by atoms with Gasteiger partial charge in [-0.3, -0.25) is 9.59 Å². The number of carbonyl (C=O) groups excluding carboxylic acids is 2. The number of ether oxygens (including phenoxy) is 1. The molecule has 0 aliphatic heterocycles. The summed E-state index contributed by atoms with van der Waals surface area (Å²) in [6.45, 7) is 6.50. The third-order valence-electron chi connectivity index (χ3n) is 14.2. The van der Waals surface area contributed by atoms with Gasteiger partial charge in [-0.05, 0) is 64.2 Å². The average Bonchev–Trinajstić information content (AvgIpc) is 3.34. The summed E-state index contributed by atoms with van der Waals surface area (Å²) in [7, 11) is 0. The fourth-order valence-electron chi connectivity index (χ4n) is 9.56. The molecule has 0 aliphatic carbocycles. The Kier molecular flexibility index (Phi) is 55.4. The minimum absolute atomic E-state index is 0.0735. The van der Waals surface area contributed by atoms with E-state index in [9.17, 15) is 19.8 Å². The van der Waals surface area contributed by atoms with E-state index in [1.165, 1.54) is 212 Å². The number of unbranched alkanes of at least 4 members (excludes halogenated alkanes) is 38. The molecule has 0 saturated heterocycles. The lowest BCUT2D eigenvalue weighted by Crippen LogP contribution is -2.46. The normalized spacial score (nSPS) is 13.3. The summed E-state index contributed by atoms with van der Waals surface area (Å²) in [5.41, 5.74) is 0. The molecule has 0 saturated carbocycles. The summed E-state index contributed by atoms with van der Waals surface area (Å²) in [5, 5.41) is 24.0. The second-order valence-corrected chi connectivity index (χ2v) is 21.1. The van der Waals surface area contributed by atoms with Crippen molar-refractivity contribution < 1.29 is 24.5 Å². The van der Waals surface area contributed by atoms with Crippen LogP contribution >= 0.6 is 0 Å². The fourth-order valence-corrected chi connectivity index (χ4v) is 9.56. The Labute approximate surface area is 430 Å². The number of rotatable bonds is 56. The van der Waals surface area contributed by atoms with Crippen LogP contribution in [-0.4, -0.2) is 46.9 Å². The molecule has 0 aromatic rings. The third kappa shape index (κ3) is 52.2. The lowest BCUT2D eigenvalue weighted by molar-refractivity contribution is -0.151. The molecule has 3 atom stereocenters. The quantitative estimate of drug-likeness (QED) is 0.0321. The van der Waals surface area contributed by atoms with E-state index in [1.807, 2.05) is 0 Å². The molecule has 6 heteroatoms. The molecule has 0 aromatic heterocycles. The van der Waals surface area contributed by atoms with Crippen molar-refractivity contribution in [3.05, 3.63) is 36.5 Å². The summed E-state index contributed by atoms with van der Waals surface area (Å²) < 4.78 is 5.97. The predicted octanol–water partition coefficient (Wildman–Crippen LogP) is 19.2. The first-order chi connectivity index (χ1) is 34.0. The Morgan fingerprint density at radius 3 is 1.14 bits per heavy atom. The van der Waals surface area contributed by atoms with Crippen LogP contribution in [0.15, 0.2) is 36.5 Å². The van der Waals surface area contributed by atoms with Gasteiger partial charge in [0.15, 0.2) is 0 Å². The maximum absolute atomic E-state index is 13.3. The first-order valence-electron chi connectivity index (χ1n) is 30.7. The Morgan fingerprint density at radius 2 is 0.739 bits per heavy atom. The van der Waals surface area contributed by atoms with Crippen LogP contribution in [0, 0.1) is 0 Å². The third-order valence-corrected chi connectivity index (χ3v) is 14.2. The van der Waals surface area contributed by atoms with Gasteiger partial charge in [-0.15, -0.1) is 0 Å². The predicted molar refractivity (Wildman–Crippen MR) is 301 cm³/mol. The molecule has 0 rings (SSSR count). The second kappa shape index (κ2) is 57.0. The van der Waals surface area contributed by atoms with Gasteiger partial charge < -0.3 is 20.3 Å². The number of esters is 1. The molecule has 406 valence electrons. The van der Waals surface area contributed by atoms with Crippen LogP contribution in [0.2, 0.25) is 0 Å². The van der Waals surface area contributed by atoms with Crippen LogP contribution in [0.3, 0.4) is 0 Å². The smallest absolute Gasteiger partial charge is 0.306 e. The summed E-state index contributed by atoms with van der Waals surface area (Å²) >= 11 is 0. The van der Waals surface area contributed by atoms with Gasteiger partial charge in [0.25, 0.3) is 0 Å². The van der Waals surface area contributed by atoms with Crippen molar-refractivity contribution in [3.8, 4) is 0 Å². The Hall–Kier alpha value is -1.92. The van der Waals surface area contributed by atoms with Crippen molar-refractivity contribution in [1.82, 2.24) is 5.32 Å². The zero-order valence-corrected chi connectivity index (χ0v) is 46.5. The van der Waals surface area contributed by atoms with E-state index in [1.54, 1.807) is 0 Å². The molecule has 0 fully saturated rings. The van der Waals surface area contributed by atoms with Crippen LogP contribution < -0.4 is 5.32 Å². The molecule has 3 unspecified atom stereocenters. The van der Waals surface area contributed by atoms with Crippen molar-refractivity contribution in [2.75, 3.05) is 6.61 Å². The van der Waals surface area contributed by atoms with Gasteiger partial charge in [-0.25, -0.2) is 0 Å². The standard InChI is InChI=1S/C63H119NO5/c1-4-7-10-13-16-19-22-25-28-31-33-36-39-42-45-48-51-54-59(69-63(68)56-53-50-47-44-41-38-35-32-29-26-23-20-17-14-11-8-5-2)57-62(67)64-60(58-65)61(66)55-52-49-46-43-40-37-34-30-27-24-21-18-15-12-9-6-3/h17,20,26,29,35,38,59-61,65-66H,4-16,18-19,21-25,27-28,30-34,36-37,39-58H2,1-3H3,(H,64,67)/b20-17-,29-26-,38-35-. The van der Waals surface area contributed by atoms with E-state index in [4.69, 9.17) is 4.74 Å². The highest BCUT2D eigenvalue weighted by atomic mass is 16.5. The lowest BCUT2D eigenvalue weighted by Gasteiger charge is -2.24. The Balaban J connectivity index is 4.55. The minimum Gasteiger partial charge on any atom is -0.462 e. The molecule has 0 bridgehead atoms. The molecule has 0 heterocycles. The van der Waals surface area contributed by atoms with Crippen molar-refractivity contribution in [1.29, 1.82) is 0 Å². The number of allylic oxidation sites excluding steroid dienone is 6. The van der Waals surface area contributed by atoms with Crippen LogP contribution in [0.5, 0.6) is 0 Å². The molecule has 1 amide bonds. The maximum Gasteiger partial charge on any atom is 0.306 e. The highest BCUT2D eigenvalue weighted by molar-refractivity contribution is 5.77. The summed E-state index contributed by atoms with van der Waals surface area (Å²) in [5.74, 6) is -0.479. The van der Waals surface area contributed by atoms with E-state index >= 15 is 0 Å². The Bertz CT molecular complexity index is 1130. The largest absolute Gasteiger partial charge is 0.462 e. The molecule has 6 nitrogen and oxygen atoms in total. The van der Waals surface area contributed by atoms with Gasteiger partial charge >= 0.3 is 5.97 Å². The zero-order chi connectivity index (χ0) is 50.2. The molecule has 0 aliphatic rings. The molecule has 69 heavy (non-hydrogen) atoms. The summed E-state index contributed by atoms with van der Waals surface area (Å²) in [6, 6.07) is -0.704. The van der Waals surface area contributed by atoms with Crippen LogP contribution in [0.4, 0.5) is 0 Å². The average molecular weight is 971 g/mol. The van der Waals surface area contributed by atoms with Crippen LogP contribution in [0.25, 0.3) is 0 Å². The second-order valence-electron chi connectivity index (χ2n) is 21.1. The van der Waals surface area contributed by atoms with Crippen molar-refractivity contribution in [3.63, 3.8) is 0 Å². The topological polar surface area (TPSA) is 95.9 Å². The van der Waals surface area contributed by atoms with Gasteiger partial charge in [0.1, 0.15) is 6.10 Å². The SMILES string of the molecule is CCCCC/C=C\C/C=C\C/C=C\CCCCCCC(=O)OC(CCCCCCCCCCCCCCCCCCC)CC(=O)NC(CO)C(O)CCCCCCCCCCCCCCCCCC. The monoisotopic (exact) mass is 970 g/mol. The first-order valence-corrected chi connectivity index (χ1v) is 30.7. The van der Waals surface area contributed by atoms with Crippen LogP contribution in [-0.2, 0) is 14.3 Å². The van der Waals surface area contributed by atoms with E-state index in [0.717, 1.165) is 70.6 Å². The summed E-state index contributed by atoms with van der Waals surface area (Å²) in [6.07, 6.45) is 69.3. The van der Waals surface area contributed by atoms with E-state index in [-0.39, 0.29) is 24.9 Å². The maximum atomic E-state index is 13.3.